The van der Waals surface area contributed by atoms with Crippen LogP contribution in [-0.4, -0.2) is 50.7 Å². The minimum atomic E-state index is 0.319. The molecule has 1 rings (SSSR count). The Kier molecular flexibility index (Phi) is 5.65. The number of carbonyl (C=O) groups is 1. The first kappa shape index (κ1) is 12.5. The molecular weight excluding hydrogens is 192 g/mol. The smallest absolute Gasteiger partial charge is 0.222 e. The predicted octanol–water partition coefficient (Wildman–Crippen LogP) is 0.481. The molecular formula is C11H22N2O2. The van der Waals surface area contributed by atoms with Gasteiger partial charge in [0, 0.05) is 33.2 Å². The van der Waals surface area contributed by atoms with E-state index in [2.05, 4.69) is 12.2 Å². The summed E-state index contributed by atoms with van der Waals surface area (Å²) >= 11 is 0. The third-order valence-corrected chi connectivity index (χ3v) is 2.67. The second-order valence-corrected chi connectivity index (χ2v) is 4.25. The number of nitrogens with one attached hydrogen (secondary N) is 1. The zero-order valence-electron chi connectivity index (χ0n) is 9.79. The fourth-order valence-electron chi connectivity index (χ4n) is 1.88. The van der Waals surface area contributed by atoms with Gasteiger partial charge < -0.3 is 15.0 Å². The van der Waals surface area contributed by atoms with Crippen LogP contribution in [-0.2, 0) is 9.53 Å². The van der Waals surface area contributed by atoms with E-state index < -0.39 is 0 Å². The van der Waals surface area contributed by atoms with Gasteiger partial charge in [0.05, 0.1) is 6.61 Å². The van der Waals surface area contributed by atoms with Gasteiger partial charge in [0.2, 0.25) is 5.91 Å². The second-order valence-electron chi connectivity index (χ2n) is 4.25. The molecule has 88 valence electrons. The van der Waals surface area contributed by atoms with Gasteiger partial charge in [0.15, 0.2) is 0 Å². The van der Waals surface area contributed by atoms with Crippen molar-refractivity contribution in [3.8, 4) is 0 Å². The number of hydrogen-bond acceptors (Lipinski definition) is 3. The highest BCUT2D eigenvalue weighted by Crippen LogP contribution is 2.16. The first-order valence-corrected chi connectivity index (χ1v) is 5.71. The van der Waals surface area contributed by atoms with Crippen LogP contribution in [0.3, 0.4) is 0 Å². The van der Waals surface area contributed by atoms with Crippen molar-refractivity contribution in [2.24, 2.45) is 5.92 Å². The van der Waals surface area contributed by atoms with Crippen molar-refractivity contribution in [2.75, 3.05) is 39.9 Å². The van der Waals surface area contributed by atoms with Gasteiger partial charge in [-0.05, 0) is 18.9 Å². The third-order valence-electron chi connectivity index (χ3n) is 2.67. The van der Waals surface area contributed by atoms with Crippen molar-refractivity contribution >= 4 is 5.91 Å². The lowest BCUT2D eigenvalue weighted by Crippen LogP contribution is -2.29. The van der Waals surface area contributed by atoms with E-state index in [1.807, 2.05) is 4.90 Å². The lowest BCUT2D eigenvalue weighted by molar-refractivity contribution is -0.127. The maximum absolute atomic E-state index is 11.4. The van der Waals surface area contributed by atoms with Crippen LogP contribution in [0.2, 0.25) is 0 Å². The Labute approximate surface area is 92.0 Å². The highest BCUT2D eigenvalue weighted by Gasteiger charge is 2.25. The van der Waals surface area contributed by atoms with E-state index in [-0.39, 0.29) is 0 Å². The molecule has 0 aromatic carbocycles. The van der Waals surface area contributed by atoms with E-state index in [0.717, 1.165) is 45.6 Å². The molecule has 0 radical (unpaired) electrons. The van der Waals surface area contributed by atoms with Crippen molar-refractivity contribution in [2.45, 2.75) is 19.8 Å². The minimum absolute atomic E-state index is 0.319. The topological polar surface area (TPSA) is 41.6 Å². The molecule has 0 aromatic heterocycles. The average molecular weight is 214 g/mol. The molecule has 0 aromatic rings. The average Bonchev–Trinajstić information content (AvgIpc) is 2.51. The van der Waals surface area contributed by atoms with Crippen molar-refractivity contribution in [1.82, 2.24) is 10.2 Å². The van der Waals surface area contributed by atoms with Gasteiger partial charge in [-0.25, -0.2) is 0 Å². The number of carbonyl (C=O) groups excluding carboxylic acids is 1. The molecule has 0 aliphatic carbocycles. The Bertz CT molecular complexity index is 197. The largest absolute Gasteiger partial charge is 0.383 e. The van der Waals surface area contributed by atoms with Gasteiger partial charge in [0.25, 0.3) is 0 Å². The molecule has 1 aliphatic heterocycles. The number of hydrogen-bond donors (Lipinski definition) is 1. The molecule has 1 heterocycles. The Morgan fingerprint density at radius 2 is 2.33 bits per heavy atom. The molecule has 0 saturated carbocycles. The molecule has 1 aliphatic rings. The van der Waals surface area contributed by atoms with Gasteiger partial charge in [0.1, 0.15) is 0 Å². The first-order chi connectivity index (χ1) is 7.24. The third kappa shape index (κ3) is 4.62. The van der Waals surface area contributed by atoms with Crippen LogP contribution in [0, 0.1) is 5.92 Å². The number of likely N-dealkylation sites (tertiary alicyclic amines) is 1. The zero-order valence-corrected chi connectivity index (χ0v) is 9.79. The first-order valence-electron chi connectivity index (χ1n) is 5.71. The summed E-state index contributed by atoms with van der Waals surface area (Å²) in [4.78, 5) is 13.4. The van der Waals surface area contributed by atoms with Crippen LogP contribution in [0.25, 0.3) is 0 Å². The van der Waals surface area contributed by atoms with Crippen molar-refractivity contribution in [3.63, 3.8) is 0 Å². The Hall–Kier alpha value is -0.610. The van der Waals surface area contributed by atoms with Crippen LogP contribution in [0.1, 0.15) is 19.8 Å². The van der Waals surface area contributed by atoms with Gasteiger partial charge >= 0.3 is 0 Å². The van der Waals surface area contributed by atoms with Crippen LogP contribution < -0.4 is 5.32 Å². The quantitative estimate of drug-likeness (QED) is 0.627. The van der Waals surface area contributed by atoms with E-state index in [9.17, 15) is 4.79 Å². The summed E-state index contributed by atoms with van der Waals surface area (Å²) in [6.07, 6.45) is 1.76. The number of rotatable bonds is 7. The van der Waals surface area contributed by atoms with E-state index in [4.69, 9.17) is 4.74 Å². The number of amides is 1. The standard InChI is InChI=1S/C11H22N2O2/c1-10-8-11(14)13(9-10)6-3-4-12-5-7-15-2/h10,12H,3-9H2,1-2H3. The van der Waals surface area contributed by atoms with Crippen LogP contribution in [0.4, 0.5) is 0 Å². The molecule has 4 heteroatoms. The lowest BCUT2D eigenvalue weighted by Gasteiger charge is -2.15. The summed E-state index contributed by atoms with van der Waals surface area (Å²) in [7, 11) is 1.70. The Morgan fingerprint density at radius 1 is 1.53 bits per heavy atom. The van der Waals surface area contributed by atoms with Crippen molar-refractivity contribution in [3.05, 3.63) is 0 Å². The fraction of sp³-hybridized carbons (Fsp3) is 0.909. The van der Waals surface area contributed by atoms with E-state index in [1.165, 1.54) is 0 Å². The van der Waals surface area contributed by atoms with E-state index in [0.29, 0.717) is 11.8 Å². The SMILES string of the molecule is COCCNCCCN1CC(C)CC1=O. The maximum Gasteiger partial charge on any atom is 0.222 e. The summed E-state index contributed by atoms with van der Waals surface area (Å²) < 4.78 is 4.93. The van der Waals surface area contributed by atoms with E-state index >= 15 is 0 Å². The summed E-state index contributed by atoms with van der Waals surface area (Å²) in [5.41, 5.74) is 0. The van der Waals surface area contributed by atoms with Crippen LogP contribution in [0.5, 0.6) is 0 Å². The summed E-state index contributed by atoms with van der Waals surface area (Å²) in [6, 6.07) is 0. The molecule has 0 bridgehead atoms. The lowest BCUT2D eigenvalue weighted by atomic mass is 10.2. The summed E-state index contributed by atoms with van der Waals surface area (Å²) in [5, 5.41) is 3.27. The minimum Gasteiger partial charge on any atom is -0.383 e. The van der Waals surface area contributed by atoms with Gasteiger partial charge in [-0.2, -0.15) is 0 Å². The van der Waals surface area contributed by atoms with Gasteiger partial charge in [-0.1, -0.05) is 6.92 Å². The molecule has 15 heavy (non-hydrogen) atoms. The predicted molar refractivity (Wildman–Crippen MR) is 59.7 cm³/mol. The Morgan fingerprint density at radius 3 is 2.93 bits per heavy atom. The fourth-order valence-corrected chi connectivity index (χ4v) is 1.88. The molecule has 1 atom stereocenters. The molecule has 1 fully saturated rings. The molecule has 1 saturated heterocycles. The summed E-state index contributed by atoms with van der Waals surface area (Å²) in [5.74, 6) is 0.860. The highest BCUT2D eigenvalue weighted by atomic mass is 16.5. The number of nitrogens with zero attached hydrogens (tertiary/aromatic N) is 1. The number of methoxy groups -OCH3 is 1. The second kappa shape index (κ2) is 6.80. The molecule has 1 amide bonds. The van der Waals surface area contributed by atoms with Crippen LogP contribution >= 0.6 is 0 Å². The molecule has 0 spiro atoms. The number of ether oxygens (including phenoxy) is 1. The Balaban J connectivity index is 1.98. The molecule has 1 unspecified atom stereocenters. The monoisotopic (exact) mass is 214 g/mol. The maximum atomic E-state index is 11.4. The highest BCUT2D eigenvalue weighted by molar-refractivity contribution is 5.78. The normalized spacial score (nSPS) is 21.3. The zero-order chi connectivity index (χ0) is 11.1. The van der Waals surface area contributed by atoms with Gasteiger partial charge in [-0.15, -0.1) is 0 Å². The van der Waals surface area contributed by atoms with Crippen molar-refractivity contribution < 1.29 is 9.53 Å². The van der Waals surface area contributed by atoms with Crippen molar-refractivity contribution in [1.29, 1.82) is 0 Å². The van der Waals surface area contributed by atoms with Gasteiger partial charge in [-0.3, -0.25) is 4.79 Å². The van der Waals surface area contributed by atoms with E-state index in [1.54, 1.807) is 7.11 Å². The molecule has 4 nitrogen and oxygen atoms in total. The molecule has 1 N–H and O–H groups in total. The van der Waals surface area contributed by atoms with Crippen LogP contribution in [0.15, 0.2) is 0 Å². The summed E-state index contributed by atoms with van der Waals surface area (Å²) in [6.45, 7) is 6.57.